The van der Waals surface area contributed by atoms with E-state index in [-0.39, 0.29) is 0 Å². The molecule has 1 saturated heterocycles. The van der Waals surface area contributed by atoms with Crippen molar-refractivity contribution in [2.24, 2.45) is 11.5 Å². The third-order valence-electron chi connectivity index (χ3n) is 3.84. The van der Waals surface area contributed by atoms with Gasteiger partial charge in [0, 0.05) is 32.2 Å². The topological polar surface area (TPSA) is 75.6 Å². The molecule has 2 unspecified atom stereocenters. The minimum absolute atomic E-state index is 0.418. The van der Waals surface area contributed by atoms with Crippen LogP contribution in [-0.4, -0.2) is 60.5 Å². The van der Waals surface area contributed by atoms with E-state index in [2.05, 4.69) is 23.8 Å². The summed E-state index contributed by atoms with van der Waals surface area (Å²) >= 11 is 0. The van der Waals surface area contributed by atoms with Gasteiger partial charge >= 0.3 is 0 Å². The Balaban J connectivity index is 2.41. The van der Waals surface area contributed by atoms with Gasteiger partial charge in [-0.05, 0) is 26.8 Å². The molecule has 1 aliphatic rings. The molecule has 5 heteroatoms. The molecule has 1 rings (SSSR count). The SMILES string of the molecule is CCC1CN(CCC(C)(N)C(N)=O)CCN1C. The predicted octanol–water partition coefficient (Wildman–Crippen LogP) is -0.395. The number of carbonyl (C=O) groups excluding carboxylic acids is 1. The van der Waals surface area contributed by atoms with Gasteiger partial charge in [-0.1, -0.05) is 6.92 Å². The summed E-state index contributed by atoms with van der Waals surface area (Å²) in [7, 11) is 2.17. The van der Waals surface area contributed by atoms with Gasteiger partial charge in [0.25, 0.3) is 0 Å². The van der Waals surface area contributed by atoms with Gasteiger partial charge in [0.1, 0.15) is 0 Å². The summed E-state index contributed by atoms with van der Waals surface area (Å²) in [6, 6.07) is 0.612. The molecule has 0 bridgehead atoms. The van der Waals surface area contributed by atoms with Gasteiger partial charge in [-0.2, -0.15) is 0 Å². The van der Waals surface area contributed by atoms with Crippen molar-refractivity contribution in [3.63, 3.8) is 0 Å². The Hall–Kier alpha value is -0.650. The van der Waals surface area contributed by atoms with Crippen LogP contribution in [0.25, 0.3) is 0 Å². The number of rotatable bonds is 5. The quantitative estimate of drug-likeness (QED) is 0.688. The number of nitrogens with two attached hydrogens (primary N) is 2. The standard InChI is InChI=1S/C12H26N4O/c1-4-10-9-16(8-7-15(10)3)6-5-12(2,14)11(13)17/h10H,4-9,14H2,1-3H3,(H2,13,17). The predicted molar refractivity (Wildman–Crippen MR) is 69.6 cm³/mol. The van der Waals surface area contributed by atoms with E-state index < -0.39 is 11.4 Å². The minimum Gasteiger partial charge on any atom is -0.368 e. The summed E-state index contributed by atoms with van der Waals surface area (Å²) < 4.78 is 0. The second kappa shape index (κ2) is 5.80. The van der Waals surface area contributed by atoms with E-state index in [0.29, 0.717) is 12.5 Å². The van der Waals surface area contributed by atoms with Crippen molar-refractivity contribution in [3.8, 4) is 0 Å². The van der Waals surface area contributed by atoms with E-state index in [1.165, 1.54) is 0 Å². The van der Waals surface area contributed by atoms with E-state index in [0.717, 1.165) is 32.6 Å². The van der Waals surface area contributed by atoms with Gasteiger partial charge in [0.2, 0.25) is 5.91 Å². The zero-order valence-electron chi connectivity index (χ0n) is 11.3. The summed E-state index contributed by atoms with van der Waals surface area (Å²) in [6.45, 7) is 7.95. The maximum absolute atomic E-state index is 11.1. The largest absolute Gasteiger partial charge is 0.368 e. The lowest BCUT2D eigenvalue weighted by molar-refractivity contribution is -0.122. The number of likely N-dealkylation sites (N-methyl/N-ethyl adjacent to an activating group) is 1. The maximum Gasteiger partial charge on any atom is 0.237 e. The lowest BCUT2D eigenvalue weighted by Crippen LogP contribution is -2.55. The fourth-order valence-electron chi connectivity index (χ4n) is 2.17. The zero-order valence-corrected chi connectivity index (χ0v) is 11.3. The van der Waals surface area contributed by atoms with Gasteiger partial charge < -0.3 is 21.3 Å². The normalized spacial score (nSPS) is 26.7. The first kappa shape index (κ1) is 14.4. The molecule has 0 aliphatic carbocycles. The Kier molecular flexibility index (Phi) is 4.91. The number of hydrogen-bond acceptors (Lipinski definition) is 4. The second-order valence-electron chi connectivity index (χ2n) is 5.38. The van der Waals surface area contributed by atoms with Crippen LogP contribution in [0.4, 0.5) is 0 Å². The van der Waals surface area contributed by atoms with Crippen molar-refractivity contribution in [2.75, 3.05) is 33.2 Å². The Labute approximate surface area is 104 Å². The van der Waals surface area contributed by atoms with Crippen LogP contribution in [0, 0.1) is 0 Å². The van der Waals surface area contributed by atoms with Crippen LogP contribution < -0.4 is 11.5 Å². The van der Waals surface area contributed by atoms with E-state index in [1.807, 2.05) is 0 Å². The van der Waals surface area contributed by atoms with Crippen molar-refractivity contribution < 1.29 is 4.79 Å². The van der Waals surface area contributed by atoms with Crippen molar-refractivity contribution >= 4 is 5.91 Å². The van der Waals surface area contributed by atoms with E-state index >= 15 is 0 Å². The number of nitrogens with zero attached hydrogens (tertiary/aromatic N) is 2. The van der Waals surface area contributed by atoms with Gasteiger partial charge in [0.05, 0.1) is 5.54 Å². The molecule has 1 aliphatic heterocycles. The molecule has 1 amide bonds. The molecule has 0 saturated carbocycles. The molecule has 100 valence electrons. The first-order valence-electron chi connectivity index (χ1n) is 6.38. The highest BCUT2D eigenvalue weighted by molar-refractivity contribution is 5.83. The Morgan fingerprint density at radius 3 is 2.65 bits per heavy atom. The molecule has 17 heavy (non-hydrogen) atoms. The van der Waals surface area contributed by atoms with E-state index in [1.54, 1.807) is 6.92 Å². The molecule has 4 N–H and O–H groups in total. The smallest absolute Gasteiger partial charge is 0.237 e. The molecule has 0 aromatic rings. The van der Waals surface area contributed by atoms with Crippen LogP contribution in [0.15, 0.2) is 0 Å². The molecule has 0 aromatic heterocycles. The Bertz CT molecular complexity index is 267. The van der Waals surface area contributed by atoms with Gasteiger partial charge in [0.15, 0.2) is 0 Å². The first-order valence-corrected chi connectivity index (χ1v) is 6.38. The third-order valence-corrected chi connectivity index (χ3v) is 3.84. The molecular formula is C12H26N4O. The highest BCUT2D eigenvalue weighted by Crippen LogP contribution is 2.13. The highest BCUT2D eigenvalue weighted by Gasteiger charge is 2.28. The fourth-order valence-corrected chi connectivity index (χ4v) is 2.17. The van der Waals surface area contributed by atoms with Gasteiger partial charge in [-0.3, -0.25) is 4.79 Å². The average Bonchev–Trinajstić information content (AvgIpc) is 2.28. The molecular weight excluding hydrogens is 216 g/mol. The molecule has 2 atom stereocenters. The summed E-state index contributed by atoms with van der Waals surface area (Å²) in [5.74, 6) is -0.418. The van der Waals surface area contributed by atoms with Crippen LogP contribution >= 0.6 is 0 Å². The number of amides is 1. The summed E-state index contributed by atoms with van der Waals surface area (Å²) in [5, 5.41) is 0. The molecule has 5 nitrogen and oxygen atoms in total. The van der Waals surface area contributed by atoms with Crippen molar-refractivity contribution in [1.82, 2.24) is 9.80 Å². The fraction of sp³-hybridized carbons (Fsp3) is 0.917. The number of hydrogen-bond donors (Lipinski definition) is 2. The van der Waals surface area contributed by atoms with Crippen molar-refractivity contribution in [1.29, 1.82) is 0 Å². The maximum atomic E-state index is 11.1. The highest BCUT2D eigenvalue weighted by atomic mass is 16.1. The second-order valence-corrected chi connectivity index (χ2v) is 5.38. The van der Waals surface area contributed by atoms with Gasteiger partial charge in [-0.15, -0.1) is 0 Å². The summed E-state index contributed by atoms with van der Waals surface area (Å²) in [4.78, 5) is 15.9. The summed E-state index contributed by atoms with van der Waals surface area (Å²) in [6.07, 6.45) is 1.78. The summed E-state index contributed by atoms with van der Waals surface area (Å²) in [5.41, 5.74) is 10.2. The molecule has 1 fully saturated rings. The van der Waals surface area contributed by atoms with E-state index in [4.69, 9.17) is 11.5 Å². The number of carbonyl (C=O) groups is 1. The zero-order chi connectivity index (χ0) is 13.1. The average molecular weight is 242 g/mol. The van der Waals surface area contributed by atoms with Crippen LogP contribution in [0.2, 0.25) is 0 Å². The van der Waals surface area contributed by atoms with Crippen molar-refractivity contribution in [2.45, 2.75) is 38.3 Å². The minimum atomic E-state index is -0.884. The van der Waals surface area contributed by atoms with E-state index in [9.17, 15) is 4.79 Å². The number of primary amides is 1. The van der Waals surface area contributed by atoms with Crippen LogP contribution in [0.1, 0.15) is 26.7 Å². The van der Waals surface area contributed by atoms with Crippen LogP contribution in [0.3, 0.4) is 0 Å². The molecule has 1 heterocycles. The Morgan fingerprint density at radius 1 is 1.47 bits per heavy atom. The van der Waals surface area contributed by atoms with Crippen LogP contribution in [0.5, 0.6) is 0 Å². The lowest BCUT2D eigenvalue weighted by Gasteiger charge is -2.40. The van der Waals surface area contributed by atoms with Crippen molar-refractivity contribution in [3.05, 3.63) is 0 Å². The molecule has 0 spiro atoms. The monoisotopic (exact) mass is 242 g/mol. The molecule has 0 radical (unpaired) electrons. The first-order chi connectivity index (χ1) is 7.86. The lowest BCUT2D eigenvalue weighted by atomic mass is 9.98. The van der Waals surface area contributed by atoms with Gasteiger partial charge in [-0.25, -0.2) is 0 Å². The Morgan fingerprint density at radius 2 is 2.12 bits per heavy atom. The van der Waals surface area contributed by atoms with Crippen LogP contribution in [-0.2, 0) is 4.79 Å². The number of piperazine rings is 1. The third kappa shape index (κ3) is 3.94. The molecule has 0 aromatic carbocycles.